The van der Waals surface area contributed by atoms with Gasteiger partial charge in [0.05, 0.1) is 0 Å². The first-order valence-electron chi connectivity index (χ1n) is 6.49. The van der Waals surface area contributed by atoms with Crippen molar-refractivity contribution in [3.8, 4) is 0 Å². The quantitative estimate of drug-likeness (QED) is 0.755. The van der Waals surface area contributed by atoms with E-state index >= 15 is 0 Å². The molecule has 0 unspecified atom stereocenters. The Kier molecular flexibility index (Phi) is 4.32. The summed E-state index contributed by atoms with van der Waals surface area (Å²) in [4.78, 5) is 11.4. The van der Waals surface area contributed by atoms with E-state index < -0.39 is 0 Å². The number of carbonyl (C=O) groups excluding carboxylic acids is 1. The van der Waals surface area contributed by atoms with Crippen LogP contribution in [0.4, 0.5) is 0 Å². The number of ether oxygens (including phenoxy) is 1. The SMILES string of the molecule is CO[C@H](C1=CC[C@H](C(C)=O)CC1)c1ccccc1. The summed E-state index contributed by atoms with van der Waals surface area (Å²) < 4.78 is 5.62. The van der Waals surface area contributed by atoms with Crippen molar-refractivity contribution in [2.45, 2.75) is 32.3 Å². The maximum atomic E-state index is 11.4. The van der Waals surface area contributed by atoms with Crippen LogP contribution < -0.4 is 0 Å². The molecule has 0 spiro atoms. The molecule has 1 aliphatic carbocycles. The predicted octanol–water partition coefficient (Wildman–Crippen LogP) is 3.69. The van der Waals surface area contributed by atoms with Crippen LogP contribution in [0.15, 0.2) is 42.0 Å². The van der Waals surface area contributed by atoms with Gasteiger partial charge in [-0.15, -0.1) is 0 Å². The summed E-state index contributed by atoms with van der Waals surface area (Å²) in [7, 11) is 1.75. The van der Waals surface area contributed by atoms with E-state index in [2.05, 4.69) is 18.2 Å². The zero-order valence-corrected chi connectivity index (χ0v) is 11.1. The van der Waals surface area contributed by atoms with E-state index in [1.54, 1.807) is 14.0 Å². The van der Waals surface area contributed by atoms with Gasteiger partial charge in [-0.05, 0) is 37.3 Å². The van der Waals surface area contributed by atoms with E-state index in [0.717, 1.165) is 19.3 Å². The molecule has 2 heteroatoms. The first-order chi connectivity index (χ1) is 8.72. The van der Waals surface area contributed by atoms with Gasteiger partial charge in [0.15, 0.2) is 0 Å². The number of hydrogen-bond acceptors (Lipinski definition) is 2. The van der Waals surface area contributed by atoms with E-state index in [9.17, 15) is 4.79 Å². The molecule has 96 valence electrons. The Hall–Kier alpha value is -1.41. The molecule has 18 heavy (non-hydrogen) atoms. The third-order valence-electron chi connectivity index (χ3n) is 3.70. The molecule has 0 radical (unpaired) electrons. The van der Waals surface area contributed by atoms with E-state index in [-0.39, 0.29) is 12.0 Å². The number of hydrogen-bond donors (Lipinski definition) is 0. The van der Waals surface area contributed by atoms with Gasteiger partial charge < -0.3 is 4.74 Å². The van der Waals surface area contributed by atoms with Crippen LogP contribution in [0.3, 0.4) is 0 Å². The zero-order valence-electron chi connectivity index (χ0n) is 11.1. The van der Waals surface area contributed by atoms with Crippen LogP contribution in [0, 0.1) is 5.92 Å². The number of methoxy groups -OCH3 is 1. The fourth-order valence-corrected chi connectivity index (χ4v) is 2.59. The number of allylic oxidation sites excluding steroid dienone is 1. The van der Waals surface area contributed by atoms with Crippen molar-refractivity contribution in [2.75, 3.05) is 7.11 Å². The highest BCUT2D eigenvalue weighted by Crippen LogP contribution is 2.34. The van der Waals surface area contributed by atoms with Crippen LogP contribution >= 0.6 is 0 Å². The number of benzene rings is 1. The third kappa shape index (κ3) is 2.88. The lowest BCUT2D eigenvalue weighted by Gasteiger charge is -2.25. The summed E-state index contributed by atoms with van der Waals surface area (Å²) in [6.07, 6.45) is 5.00. The van der Waals surface area contributed by atoms with Gasteiger partial charge in [-0.25, -0.2) is 0 Å². The van der Waals surface area contributed by atoms with Crippen molar-refractivity contribution in [2.24, 2.45) is 5.92 Å². The van der Waals surface area contributed by atoms with Gasteiger partial charge in [-0.3, -0.25) is 4.79 Å². The number of carbonyl (C=O) groups is 1. The summed E-state index contributed by atoms with van der Waals surface area (Å²) in [5.41, 5.74) is 2.49. The fourth-order valence-electron chi connectivity index (χ4n) is 2.59. The summed E-state index contributed by atoms with van der Waals surface area (Å²) >= 11 is 0. The van der Waals surface area contributed by atoms with Crippen molar-refractivity contribution in [3.63, 3.8) is 0 Å². The Balaban J connectivity index is 2.13. The highest BCUT2D eigenvalue weighted by atomic mass is 16.5. The molecular weight excluding hydrogens is 224 g/mol. The fraction of sp³-hybridized carbons (Fsp3) is 0.438. The number of Topliss-reactive ketones (excluding diaryl/α,β-unsaturated/α-hetero) is 1. The lowest BCUT2D eigenvalue weighted by Crippen LogP contribution is -2.17. The molecule has 2 nitrogen and oxygen atoms in total. The molecule has 0 heterocycles. The van der Waals surface area contributed by atoms with Crippen LogP contribution in [0.25, 0.3) is 0 Å². The molecule has 0 N–H and O–H groups in total. The normalized spacial score (nSPS) is 21.2. The Labute approximate surface area is 109 Å². The van der Waals surface area contributed by atoms with Crippen LogP contribution in [-0.2, 0) is 9.53 Å². The summed E-state index contributed by atoms with van der Waals surface area (Å²) in [6, 6.07) is 10.3. The Morgan fingerprint density at radius 3 is 2.56 bits per heavy atom. The molecular formula is C16H20O2. The molecule has 0 fully saturated rings. The minimum atomic E-state index is 0.0408. The molecule has 0 saturated carbocycles. The van der Waals surface area contributed by atoms with Crippen molar-refractivity contribution in [1.29, 1.82) is 0 Å². The lowest BCUT2D eigenvalue weighted by atomic mass is 9.84. The summed E-state index contributed by atoms with van der Waals surface area (Å²) in [5, 5.41) is 0. The molecule has 0 aromatic heterocycles. The second kappa shape index (κ2) is 5.96. The summed E-state index contributed by atoms with van der Waals surface area (Å²) in [5.74, 6) is 0.515. The van der Waals surface area contributed by atoms with Crippen molar-refractivity contribution < 1.29 is 9.53 Å². The highest BCUT2D eigenvalue weighted by Gasteiger charge is 2.23. The molecule has 0 bridgehead atoms. The Bertz CT molecular complexity index is 434. The Morgan fingerprint density at radius 2 is 2.06 bits per heavy atom. The van der Waals surface area contributed by atoms with Gasteiger partial charge in [0.25, 0.3) is 0 Å². The Morgan fingerprint density at radius 1 is 1.33 bits per heavy atom. The van der Waals surface area contributed by atoms with Gasteiger partial charge >= 0.3 is 0 Å². The van der Waals surface area contributed by atoms with E-state index in [1.165, 1.54) is 11.1 Å². The minimum Gasteiger partial charge on any atom is -0.372 e. The average Bonchev–Trinajstić information content (AvgIpc) is 2.41. The maximum absolute atomic E-state index is 11.4. The van der Waals surface area contributed by atoms with Gasteiger partial charge in [0, 0.05) is 13.0 Å². The number of rotatable bonds is 4. The first kappa shape index (κ1) is 13.0. The topological polar surface area (TPSA) is 26.3 Å². The van der Waals surface area contributed by atoms with Crippen LogP contribution in [-0.4, -0.2) is 12.9 Å². The first-order valence-corrected chi connectivity index (χ1v) is 6.49. The average molecular weight is 244 g/mol. The molecule has 0 amide bonds. The molecule has 1 aliphatic rings. The van der Waals surface area contributed by atoms with Crippen molar-refractivity contribution in [1.82, 2.24) is 0 Å². The van der Waals surface area contributed by atoms with Crippen LogP contribution in [0.5, 0.6) is 0 Å². The lowest BCUT2D eigenvalue weighted by molar-refractivity contribution is -0.120. The molecule has 1 aromatic rings. The summed E-state index contributed by atoms with van der Waals surface area (Å²) in [6.45, 7) is 1.69. The van der Waals surface area contributed by atoms with E-state index in [1.807, 2.05) is 18.2 Å². The molecule has 1 aromatic carbocycles. The van der Waals surface area contributed by atoms with Crippen molar-refractivity contribution >= 4 is 5.78 Å². The third-order valence-corrected chi connectivity index (χ3v) is 3.70. The zero-order chi connectivity index (χ0) is 13.0. The standard InChI is InChI=1S/C16H20O2/c1-12(17)13-8-10-15(11-9-13)16(18-2)14-6-4-3-5-7-14/h3-7,10,13,16H,8-9,11H2,1-2H3/t13-,16-/m0/s1. The molecule has 0 saturated heterocycles. The molecule has 2 atom stereocenters. The maximum Gasteiger partial charge on any atom is 0.133 e. The smallest absolute Gasteiger partial charge is 0.133 e. The second-order valence-electron chi connectivity index (χ2n) is 4.89. The van der Waals surface area contributed by atoms with Gasteiger partial charge in [-0.1, -0.05) is 36.4 Å². The predicted molar refractivity (Wildman–Crippen MR) is 72.3 cm³/mol. The van der Waals surface area contributed by atoms with Gasteiger partial charge in [0.1, 0.15) is 11.9 Å². The minimum absolute atomic E-state index is 0.0408. The van der Waals surface area contributed by atoms with E-state index in [4.69, 9.17) is 4.74 Å². The monoisotopic (exact) mass is 244 g/mol. The van der Waals surface area contributed by atoms with E-state index in [0.29, 0.717) is 5.78 Å². The van der Waals surface area contributed by atoms with Crippen LogP contribution in [0.2, 0.25) is 0 Å². The largest absolute Gasteiger partial charge is 0.372 e. The molecule has 0 aliphatic heterocycles. The van der Waals surface area contributed by atoms with Crippen molar-refractivity contribution in [3.05, 3.63) is 47.5 Å². The van der Waals surface area contributed by atoms with Gasteiger partial charge in [-0.2, -0.15) is 0 Å². The number of ketones is 1. The second-order valence-corrected chi connectivity index (χ2v) is 4.89. The van der Waals surface area contributed by atoms with Crippen LogP contribution in [0.1, 0.15) is 37.9 Å². The molecule has 2 rings (SSSR count). The van der Waals surface area contributed by atoms with Gasteiger partial charge in [0.2, 0.25) is 0 Å². The highest BCUT2D eigenvalue weighted by molar-refractivity contribution is 5.78.